The van der Waals surface area contributed by atoms with Gasteiger partial charge >= 0.3 is 5.97 Å². The Kier molecular flexibility index (Phi) is 9.03. The Labute approximate surface area is 188 Å². The second-order valence-electron chi connectivity index (χ2n) is 6.68. The van der Waals surface area contributed by atoms with Crippen molar-refractivity contribution in [2.24, 2.45) is 0 Å². The summed E-state index contributed by atoms with van der Waals surface area (Å²) in [5, 5.41) is 2.57. The minimum Gasteiger partial charge on any atom is -0.497 e. The van der Waals surface area contributed by atoms with Gasteiger partial charge < -0.3 is 19.5 Å². The molecule has 9 nitrogen and oxygen atoms in total. The van der Waals surface area contributed by atoms with Gasteiger partial charge in [0.15, 0.2) is 6.61 Å². The van der Waals surface area contributed by atoms with E-state index in [0.717, 1.165) is 0 Å². The molecule has 174 valence electrons. The summed E-state index contributed by atoms with van der Waals surface area (Å²) in [5.74, 6) is -0.0663. The molecule has 2 rings (SSSR count). The Bertz CT molecular complexity index is 1030. The van der Waals surface area contributed by atoms with E-state index < -0.39 is 28.5 Å². The zero-order chi connectivity index (χ0) is 23.7. The van der Waals surface area contributed by atoms with Gasteiger partial charge in [-0.25, -0.2) is 8.42 Å². The highest BCUT2D eigenvalue weighted by Crippen LogP contribution is 2.25. The number of nitrogens with one attached hydrogen (secondary N) is 1. The topological polar surface area (TPSA) is 111 Å². The number of sulfonamides is 1. The second-order valence-corrected chi connectivity index (χ2v) is 8.62. The van der Waals surface area contributed by atoms with Crippen molar-refractivity contribution in [1.29, 1.82) is 0 Å². The fourth-order valence-corrected chi connectivity index (χ4v) is 4.43. The Balaban J connectivity index is 1.91. The van der Waals surface area contributed by atoms with Crippen LogP contribution in [0.2, 0.25) is 0 Å². The van der Waals surface area contributed by atoms with E-state index in [1.54, 1.807) is 32.0 Å². The van der Waals surface area contributed by atoms with Gasteiger partial charge in [-0.1, -0.05) is 19.9 Å². The van der Waals surface area contributed by atoms with Crippen LogP contribution in [0, 0.1) is 0 Å². The van der Waals surface area contributed by atoms with Crippen molar-refractivity contribution in [2.45, 2.75) is 25.2 Å². The van der Waals surface area contributed by atoms with Crippen molar-refractivity contribution >= 4 is 27.6 Å². The van der Waals surface area contributed by atoms with Crippen LogP contribution < -0.4 is 14.8 Å². The first-order chi connectivity index (χ1) is 15.2. The monoisotopic (exact) mass is 464 g/mol. The standard InChI is InChI=1S/C22H28N2O7S/c1-5-24(6-2)32(27,28)19-11-8-17(9-12-19)23-21(25)15-31-22(26)13-16-7-10-18(29-3)14-20(16)30-4/h7-12,14H,5-6,13,15H2,1-4H3,(H,23,25). The average Bonchev–Trinajstić information content (AvgIpc) is 2.79. The number of amides is 1. The predicted octanol–water partition coefficient (Wildman–Crippen LogP) is 2.46. The maximum absolute atomic E-state index is 12.5. The lowest BCUT2D eigenvalue weighted by Gasteiger charge is -2.18. The van der Waals surface area contributed by atoms with Gasteiger partial charge in [-0.05, 0) is 30.3 Å². The molecule has 0 radical (unpaired) electrons. The first-order valence-corrected chi connectivity index (χ1v) is 11.5. The predicted molar refractivity (Wildman–Crippen MR) is 119 cm³/mol. The van der Waals surface area contributed by atoms with Crippen LogP contribution >= 0.6 is 0 Å². The summed E-state index contributed by atoms with van der Waals surface area (Å²) >= 11 is 0. The van der Waals surface area contributed by atoms with E-state index in [4.69, 9.17) is 14.2 Å². The fraction of sp³-hybridized carbons (Fsp3) is 0.364. The Morgan fingerprint density at radius 2 is 1.62 bits per heavy atom. The van der Waals surface area contributed by atoms with Crippen LogP contribution in [0.3, 0.4) is 0 Å². The molecule has 0 spiro atoms. The smallest absolute Gasteiger partial charge is 0.310 e. The SMILES string of the molecule is CCN(CC)S(=O)(=O)c1ccc(NC(=O)COC(=O)Cc2ccc(OC)cc2OC)cc1. The van der Waals surface area contributed by atoms with Gasteiger partial charge in [0.25, 0.3) is 5.91 Å². The largest absolute Gasteiger partial charge is 0.497 e. The Morgan fingerprint density at radius 3 is 2.19 bits per heavy atom. The lowest BCUT2D eigenvalue weighted by molar-refractivity contribution is -0.146. The average molecular weight is 465 g/mol. The lowest BCUT2D eigenvalue weighted by Crippen LogP contribution is -2.30. The molecule has 32 heavy (non-hydrogen) atoms. The molecule has 10 heteroatoms. The van der Waals surface area contributed by atoms with Crippen LogP contribution in [-0.2, 0) is 30.8 Å². The van der Waals surface area contributed by atoms with Crippen molar-refractivity contribution in [2.75, 3.05) is 39.2 Å². The molecule has 2 aromatic rings. The summed E-state index contributed by atoms with van der Waals surface area (Å²) < 4.78 is 41.7. The molecule has 0 aliphatic rings. The van der Waals surface area contributed by atoms with E-state index in [9.17, 15) is 18.0 Å². The summed E-state index contributed by atoms with van der Waals surface area (Å²) in [6.07, 6.45) is -0.0711. The Hall–Kier alpha value is -3.11. The molecular weight excluding hydrogens is 436 g/mol. The molecule has 0 bridgehead atoms. The van der Waals surface area contributed by atoms with Crippen LogP contribution in [0.4, 0.5) is 5.69 Å². The highest BCUT2D eigenvalue weighted by atomic mass is 32.2. The number of benzene rings is 2. The van der Waals surface area contributed by atoms with Gasteiger partial charge in [0.05, 0.1) is 25.5 Å². The number of anilines is 1. The number of carbonyl (C=O) groups excluding carboxylic acids is 2. The third-order valence-corrected chi connectivity index (χ3v) is 6.74. The number of hydrogen-bond acceptors (Lipinski definition) is 7. The quantitative estimate of drug-likeness (QED) is 0.509. The maximum atomic E-state index is 12.5. The molecule has 2 aromatic carbocycles. The van der Waals surface area contributed by atoms with E-state index in [2.05, 4.69) is 5.32 Å². The van der Waals surface area contributed by atoms with Gasteiger partial charge in [0.1, 0.15) is 11.5 Å². The molecule has 0 unspecified atom stereocenters. The normalized spacial score (nSPS) is 11.2. The maximum Gasteiger partial charge on any atom is 0.310 e. The molecule has 0 heterocycles. The van der Waals surface area contributed by atoms with E-state index in [1.165, 1.54) is 42.8 Å². The molecule has 0 saturated heterocycles. The number of esters is 1. The number of hydrogen-bond donors (Lipinski definition) is 1. The summed E-state index contributed by atoms with van der Waals surface area (Å²) in [6, 6.07) is 10.8. The zero-order valence-electron chi connectivity index (χ0n) is 18.6. The minimum atomic E-state index is -3.57. The number of rotatable bonds is 11. The van der Waals surface area contributed by atoms with Gasteiger partial charge in [0, 0.05) is 30.4 Å². The van der Waals surface area contributed by atoms with Crippen molar-refractivity contribution in [3.05, 3.63) is 48.0 Å². The van der Waals surface area contributed by atoms with E-state index in [-0.39, 0.29) is 11.3 Å². The highest BCUT2D eigenvalue weighted by molar-refractivity contribution is 7.89. The lowest BCUT2D eigenvalue weighted by atomic mass is 10.1. The fourth-order valence-electron chi connectivity index (χ4n) is 2.97. The molecule has 0 aliphatic heterocycles. The van der Waals surface area contributed by atoms with E-state index in [1.807, 2.05) is 0 Å². The first kappa shape index (κ1) is 25.2. The van der Waals surface area contributed by atoms with Crippen LogP contribution in [0.5, 0.6) is 11.5 Å². The zero-order valence-corrected chi connectivity index (χ0v) is 19.4. The molecule has 1 amide bonds. The van der Waals surface area contributed by atoms with Crippen LogP contribution in [0.1, 0.15) is 19.4 Å². The number of methoxy groups -OCH3 is 2. The summed E-state index contributed by atoms with van der Waals surface area (Å²) in [7, 11) is -0.566. The summed E-state index contributed by atoms with van der Waals surface area (Å²) in [6.45, 7) is 3.79. The summed E-state index contributed by atoms with van der Waals surface area (Å²) in [4.78, 5) is 24.3. The first-order valence-electron chi connectivity index (χ1n) is 10.0. The van der Waals surface area contributed by atoms with Gasteiger partial charge in [-0.2, -0.15) is 4.31 Å². The van der Waals surface area contributed by atoms with Crippen LogP contribution in [0.25, 0.3) is 0 Å². The number of carbonyl (C=O) groups is 2. The van der Waals surface area contributed by atoms with Gasteiger partial charge in [-0.3, -0.25) is 9.59 Å². The number of ether oxygens (including phenoxy) is 3. The van der Waals surface area contributed by atoms with E-state index >= 15 is 0 Å². The number of nitrogens with zero attached hydrogens (tertiary/aromatic N) is 1. The second kappa shape index (κ2) is 11.5. The molecule has 1 N–H and O–H groups in total. The van der Waals surface area contributed by atoms with Crippen LogP contribution in [0.15, 0.2) is 47.4 Å². The summed E-state index contributed by atoms with van der Waals surface area (Å²) in [5.41, 5.74) is 0.991. The highest BCUT2D eigenvalue weighted by Gasteiger charge is 2.21. The van der Waals surface area contributed by atoms with Crippen molar-refractivity contribution < 1.29 is 32.2 Å². The third-order valence-electron chi connectivity index (χ3n) is 4.67. The van der Waals surface area contributed by atoms with Gasteiger partial charge in [-0.15, -0.1) is 0 Å². The third kappa shape index (κ3) is 6.44. The molecule has 0 atom stereocenters. The molecule has 0 aromatic heterocycles. The molecular formula is C22H28N2O7S. The van der Waals surface area contributed by atoms with Crippen LogP contribution in [-0.4, -0.2) is 58.5 Å². The minimum absolute atomic E-state index is 0.0711. The Morgan fingerprint density at radius 1 is 0.969 bits per heavy atom. The van der Waals surface area contributed by atoms with Crippen molar-refractivity contribution in [3.8, 4) is 11.5 Å². The van der Waals surface area contributed by atoms with E-state index in [0.29, 0.717) is 35.8 Å². The van der Waals surface area contributed by atoms with Crippen molar-refractivity contribution in [1.82, 2.24) is 4.31 Å². The van der Waals surface area contributed by atoms with Crippen molar-refractivity contribution in [3.63, 3.8) is 0 Å². The molecule has 0 fully saturated rings. The molecule has 0 aliphatic carbocycles. The van der Waals surface area contributed by atoms with Gasteiger partial charge in [0.2, 0.25) is 10.0 Å². The molecule has 0 saturated carbocycles.